The molecule has 1 N–H and O–H groups in total. The molecule has 5 heterocycles. The number of hydrogen-bond acceptors (Lipinski definition) is 8. The van der Waals surface area contributed by atoms with Crippen molar-refractivity contribution in [2.45, 2.75) is 37.8 Å². The van der Waals surface area contributed by atoms with E-state index in [4.69, 9.17) is 9.47 Å². The van der Waals surface area contributed by atoms with E-state index in [1.54, 1.807) is 23.8 Å². The van der Waals surface area contributed by atoms with Crippen LogP contribution in [-0.2, 0) is 24.6 Å². The third-order valence-corrected chi connectivity index (χ3v) is 8.00. The molecule has 7 rings (SSSR count). The Bertz CT molecular complexity index is 2180. The molecule has 232 valence electrons. The summed E-state index contributed by atoms with van der Waals surface area (Å²) in [6.45, 7) is 0.375. The summed E-state index contributed by atoms with van der Waals surface area (Å²) in [4.78, 5) is 22.2. The van der Waals surface area contributed by atoms with E-state index in [0.717, 1.165) is 22.4 Å². The van der Waals surface area contributed by atoms with Crippen molar-refractivity contribution < 1.29 is 22.6 Å². The van der Waals surface area contributed by atoms with Crippen LogP contribution in [0.4, 0.5) is 24.8 Å². The van der Waals surface area contributed by atoms with Crippen molar-refractivity contribution in [3.63, 3.8) is 0 Å². The topological polar surface area (TPSA) is 124 Å². The fourth-order valence-electron chi connectivity index (χ4n) is 5.49. The molecular formula is C32H25F3N8O3. The highest BCUT2D eigenvalue weighted by atomic mass is 19.4. The van der Waals surface area contributed by atoms with Crippen molar-refractivity contribution in [3.05, 3.63) is 106 Å². The van der Waals surface area contributed by atoms with Gasteiger partial charge in [-0.25, -0.2) is 9.50 Å². The molecule has 6 aromatic rings. The number of benzene rings is 1. The summed E-state index contributed by atoms with van der Waals surface area (Å²) < 4.78 is 58.0. The predicted octanol–water partition coefficient (Wildman–Crippen LogP) is 6.12. The molecule has 5 aromatic heterocycles. The molecule has 0 unspecified atom stereocenters. The van der Waals surface area contributed by atoms with Crippen molar-refractivity contribution in [1.29, 1.82) is 5.26 Å². The number of aryl methyl sites for hydroxylation is 1. The van der Waals surface area contributed by atoms with Crippen LogP contribution in [0.1, 0.15) is 35.6 Å². The van der Waals surface area contributed by atoms with Crippen molar-refractivity contribution in [3.8, 4) is 17.6 Å². The molecule has 0 amide bonds. The van der Waals surface area contributed by atoms with E-state index < -0.39 is 23.3 Å². The van der Waals surface area contributed by atoms with E-state index >= 15 is 0 Å². The first-order valence-electron chi connectivity index (χ1n) is 14.3. The van der Waals surface area contributed by atoms with E-state index in [9.17, 15) is 23.2 Å². The Morgan fingerprint density at radius 1 is 1.09 bits per heavy atom. The van der Waals surface area contributed by atoms with E-state index in [2.05, 4.69) is 26.5 Å². The van der Waals surface area contributed by atoms with E-state index in [-0.39, 0.29) is 40.2 Å². The lowest BCUT2D eigenvalue weighted by atomic mass is 9.88. The zero-order valence-corrected chi connectivity index (χ0v) is 24.3. The van der Waals surface area contributed by atoms with Gasteiger partial charge in [-0.1, -0.05) is 36.4 Å². The van der Waals surface area contributed by atoms with Gasteiger partial charge in [-0.2, -0.15) is 28.5 Å². The van der Waals surface area contributed by atoms with Crippen LogP contribution in [0.15, 0.2) is 84.2 Å². The first-order valence-corrected chi connectivity index (χ1v) is 14.3. The average Bonchev–Trinajstić information content (AvgIpc) is 3.58. The van der Waals surface area contributed by atoms with Crippen LogP contribution in [0.3, 0.4) is 0 Å². The molecule has 0 radical (unpaired) electrons. The summed E-state index contributed by atoms with van der Waals surface area (Å²) in [5, 5.41) is 17.1. The summed E-state index contributed by atoms with van der Waals surface area (Å²) in [5.41, 5.74) is 0.213. The van der Waals surface area contributed by atoms with E-state index in [1.165, 1.54) is 17.0 Å². The fraction of sp³-hybridized carbons (Fsp3) is 0.219. The number of nitrogens with one attached hydrogen (secondary N) is 1. The van der Waals surface area contributed by atoms with Crippen molar-refractivity contribution >= 4 is 28.3 Å². The monoisotopic (exact) mass is 626 g/mol. The number of pyridine rings is 3. The minimum Gasteiger partial charge on any atom is -0.450 e. The molecule has 0 saturated heterocycles. The molecule has 0 spiro atoms. The van der Waals surface area contributed by atoms with Crippen molar-refractivity contribution in [2.24, 2.45) is 7.05 Å². The molecule has 0 bridgehead atoms. The van der Waals surface area contributed by atoms with Gasteiger partial charge in [0.2, 0.25) is 5.95 Å². The molecule has 1 fully saturated rings. The number of rotatable bonds is 8. The Morgan fingerprint density at radius 3 is 2.63 bits per heavy atom. The third-order valence-electron chi connectivity index (χ3n) is 8.00. The maximum absolute atomic E-state index is 14.0. The number of halogens is 3. The second-order valence-corrected chi connectivity index (χ2v) is 10.9. The minimum absolute atomic E-state index is 0.0211. The number of imidazole rings is 1. The Balaban J connectivity index is 1.18. The third kappa shape index (κ3) is 5.30. The number of ether oxygens (including phenoxy) is 2. The van der Waals surface area contributed by atoms with Crippen LogP contribution in [0.25, 0.3) is 16.7 Å². The predicted molar refractivity (Wildman–Crippen MR) is 161 cm³/mol. The van der Waals surface area contributed by atoms with Gasteiger partial charge in [-0.15, -0.1) is 0 Å². The van der Waals surface area contributed by atoms with Crippen LogP contribution in [0.2, 0.25) is 0 Å². The SMILES string of the molecule is Cn1c(Nc2cc(C(F)(F)F)cn(C3CC(OCc4ccccc4)C3)c2=O)nc2ncc(Oc3cnn4ccccc34)c(C#N)c21. The standard InChI is InChI=1S/C32H25F3N8O3/c1-41-28-23(14-36)26(46-27-16-38-43-10-6-5-9-25(27)43)15-37-29(28)40-31(41)39-24-11-20(32(33,34)35)17-42(30(24)44)21-12-22(13-21)45-18-19-7-3-2-4-8-19/h2-11,15-17,21-22H,12-13,18H2,1H3,(H,37,39,40). The summed E-state index contributed by atoms with van der Waals surface area (Å²) >= 11 is 0. The lowest BCUT2D eigenvalue weighted by molar-refractivity contribution is -0.138. The van der Waals surface area contributed by atoms with Gasteiger partial charge in [-0.3, -0.25) is 4.79 Å². The first kappa shape index (κ1) is 29.1. The zero-order chi connectivity index (χ0) is 32.0. The van der Waals surface area contributed by atoms with Gasteiger partial charge in [0.15, 0.2) is 17.1 Å². The summed E-state index contributed by atoms with van der Waals surface area (Å²) in [6, 6.07) is 17.4. The number of nitriles is 1. The first-order chi connectivity index (χ1) is 22.2. The fourth-order valence-corrected chi connectivity index (χ4v) is 5.49. The number of nitrogens with zero attached hydrogens (tertiary/aromatic N) is 7. The molecule has 46 heavy (non-hydrogen) atoms. The maximum Gasteiger partial charge on any atom is 0.417 e. The summed E-state index contributed by atoms with van der Waals surface area (Å²) in [6.07, 6.45) is 1.35. The summed E-state index contributed by atoms with van der Waals surface area (Å²) in [5.74, 6) is 0.554. The van der Waals surface area contributed by atoms with Gasteiger partial charge in [0.1, 0.15) is 28.4 Å². The Hall–Kier alpha value is -5.68. The largest absolute Gasteiger partial charge is 0.450 e. The molecule has 0 aliphatic heterocycles. The van der Waals surface area contributed by atoms with Gasteiger partial charge in [0.25, 0.3) is 5.56 Å². The van der Waals surface area contributed by atoms with E-state index in [1.807, 2.05) is 42.5 Å². The number of hydrogen-bond donors (Lipinski definition) is 1. The van der Waals surface area contributed by atoms with Crippen LogP contribution < -0.4 is 15.6 Å². The molecule has 1 aromatic carbocycles. The number of aromatic nitrogens is 6. The lowest BCUT2D eigenvalue weighted by Crippen LogP contribution is -2.39. The van der Waals surface area contributed by atoms with E-state index in [0.29, 0.717) is 30.7 Å². The van der Waals surface area contributed by atoms with Crippen LogP contribution in [-0.4, -0.2) is 34.8 Å². The second-order valence-electron chi connectivity index (χ2n) is 10.9. The number of alkyl halides is 3. The molecule has 14 heteroatoms. The molecular weight excluding hydrogens is 601 g/mol. The molecule has 11 nitrogen and oxygen atoms in total. The number of fused-ring (bicyclic) bond motifs is 2. The Labute approximate surface area is 259 Å². The van der Waals surface area contributed by atoms with Gasteiger partial charge in [0.05, 0.1) is 30.7 Å². The van der Waals surface area contributed by atoms with Gasteiger partial charge in [-0.05, 0) is 36.6 Å². The van der Waals surface area contributed by atoms with Gasteiger partial charge in [0, 0.05) is 25.5 Å². The van der Waals surface area contributed by atoms with Crippen molar-refractivity contribution in [2.75, 3.05) is 5.32 Å². The lowest BCUT2D eigenvalue weighted by Gasteiger charge is -2.36. The minimum atomic E-state index is -4.70. The highest BCUT2D eigenvalue weighted by Crippen LogP contribution is 2.38. The zero-order valence-electron chi connectivity index (χ0n) is 24.3. The molecule has 1 aliphatic rings. The number of anilines is 2. The van der Waals surface area contributed by atoms with Crippen LogP contribution >= 0.6 is 0 Å². The smallest absolute Gasteiger partial charge is 0.417 e. The maximum atomic E-state index is 14.0. The second kappa shape index (κ2) is 11.4. The highest BCUT2D eigenvalue weighted by Gasteiger charge is 2.37. The molecule has 0 atom stereocenters. The Kier molecular flexibility index (Phi) is 7.17. The van der Waals surface area contributed by atoms with Gasteiger partial charge < -0.3 is 23.9 Å². The van der Waals surface area contributed by atoms with Crippen LogP contribution in [0.5, 0.6) is 11.5 Å². The average molecular weight is 627 g/mol. The Morgan fingerprint density at radius 2 is 1.87 bits per heavy atom. The van der Waals surface area contributed by atoms with Crippen LogP contribution in [0, 0.1) is 11.3 Å². The van der Waals surface area contributed by atoms with Crippen molar-refractivity contribution in [1.82, 2.24) is 28.7 Å². The molecule has 1 aliphatic carbocycles. The normalized spacial score (nSPS) is 16.3. The molecule has 1 saturated carbocycles. The quantitative estimate of drug-likeness (QED) is 0.214. The highest BCUT2D eigenvalue weighted by molar-refractivity contribution is 5.84. The summed E-state index contributed by atoms with van der Waals surface area (Å²) in [7, 11) is 1.56. The van der Waals surface area contributed by atoms with Gasteiger partial charge >= 0.3 is 6.18 Å².